The van der Waals surface area contributed by atoms with Gasteiger partial charge in [0.2, 0.25) is 6.41 Å². The third-order valence-corrected chi connectivity index (χ3v) is 3.11. The van der Waals surface area contributed by atoms with Crippen molar-refractivity contribution >= 4 is 6.41 Å². The topological polar surface area (TPSA) is 32.3 Å². The number of hydrogen-bond acceptors (Lipinski definition) is 2. The van der Waals surface area contributed by atoms with Gasteiger partial charge in [-0.3, -0.25) is 9.69 Å². The fraction of sp³-hybridized carbons (Fsp3) is 0.462. The van der Waals surface area contributed by atoms with Crippen LogP contribution in [0.5, 0.6) is 0 Å². The van der Waals surface area contributed by atoms with Gasteiger partial charge in [-0.1, -0.05) is 30.3 Å². The van der Waals surface area contributed by atoms with E-state index in [1.165, 1.54) is 12.0 Å². The molecule has 0 radical (unpaired) electrons. The summed E-state index contributed by atoms with van der Waals surface area (Å²) in [5.74, 6) is 0.619. The molecule has 2 rings (SSSR count). The molecule has 0 spiro atoms. The largest absolute Gasteiger partial charge is 0.358 e. The maximum atomic E-state index is 10.2. The zero-order chi connectivity index (χ0) is 11.2. The normalized spacial score (nSPS) is 20.9. The molecule has 1 amide bonds. The molecule has 3 nitrogen and oxygen atoms in total. The zero-order valence-corrected chi connectivity index (χ0v) is 9.43. The van der Waals surface area contributed by atoms with Crippen LogP contribution in [0.15, 0.2) is 30.3 Å². The van der Waals surface area contributed by atoms with Crippen molar-refractivity contribution < 1.29 is 4.79 Å². The average Bonchev–Trinajstić information content (AvgIpc) is 2.75. The quantitative estimate of drug-likeness (QED) is 0.754. The summed E-state index contributed by atoms with van der Waals surface area (Å²) in [6.45, 7) is 4.07. The number of likely N-dealkylation sites (tertiary alicyclic amines) is 1. The first-order chi connectivity index (χ1) is 7.88. The standard InChI is InChI=1S/C13H18N2O/c16-11-14-8-13-6-7-15(10-13)9-12-4-2-1-3-5-12/h1-5,11,13H,6-10H2,(H,14,16). The summed E-state index contributed by atoms with van der Waals surface area (Å²) in [4.78, 5) is 12.7. The molecule has 1 aromatic rings. The summed E-state index contributed by atoms with van der Waals surface area (Å²) >= 11 is 0. The van der Waals surface area contributed by atoms with Gasteiger partial charge in [0.25, 0.3) is 0 Å². The molecule has 1 atom stereocenters. The Morgan fingerprint density at radius 2 is 2.19 bits per heavy atom. The van der Waals surface area contributed by atoms with E-state index in [4.69, 9.17) is 0 Å². The second-order valence-electron chi connectivity index (χ2n) is 4.40. The Hall–Kier alpha value is -1.35. The highest BCUT2D eigenvalue weighted by Gasteiger charge is 2.21. The Kier molecular flexibility index (Phi) is 3.94. The Bertz CT molecular complexity index is 326. The number of rotatable bonds is 5. The molecule has 0 aliphatic carbocycles. The van der Waals surface area contributed by atoms with Crippen LogP contribution in [0.4, 0.5) is 0 Å². The molecule has 0 aromatic heterocycles. The maximum absolute atomic E-state index is 10.2. The SMILES string of the molecule is O=CNCC1CCN(Cc2ccccc2)C1. The van der Waals surface area contributed by atoms with Crippen LogP contribution >= 0.6 is 0 Å². The fourth-order valence-corrected chi connectivity index (χ4v) is 2.28. The number of carbonyl (C=O) groups excluding carboxylic acids is 1. The van der Waals surface area contributed by atoms with Gasteiger partial charge in [0.1, 0.15) is 0 Å². The Morgan fingerprint density at radius 3 is 2.94 bits per heavy atom. The van der Waals surface area contributed by atoms with Crippen molar-refractivity contribution in [1.82, 2.24) is 10.2 Å². The van der Waals surface area contributed by atoms with E-state index < -0.39 is 0 Å². The van der Waals surface area contributed by atoms with Crippen molar-refractivity contribution in [2.75, 3.05) is 19.6 Å². The lowest BCUT2D eigenvalue weighted by Crippen LogP contribution is -2.25. The third-order valence-electron chi connectivity index (χ3n) is 3.11. The van der Waals surface area contributed by atoms with Crippen LogP contribution in [0, 0.1) is 5.92 Å². The van der Waals surface area contributed by atoms with Crippen LogP contribution in [0.25, 0.3) is 0 Å². The molecule has 86 valence electrons. The van der Waals surface area contributed by atoms with Crippen LogP contribution in [-0.4, -0.2) is 30.9 Å². The van der Waals surface area contributed by atoms with Gasteiger partial charge in [0, 0.05) is 19.6 Å². The van der Waals surface area contributed by atoms with Crippen molar-refractivity contribution in [2.45, 2.75) is 13.0 Å². The first-order valence-corrected chi connectivity index (χ1v) is 5.82. The minimum atomic E-state index is 0.619. The lowest BCUT2D eigenvalue weighted by molar-refractivity contribution is -0.109. The van der Waals surface area contributed by atoms with E-state index in [0.717, 1.165) is 32.6 Å². The van der Waals surface area contributed by atoms with E-state index in [9.17, 15) is 4.79 Å². The zero-order valence-electron chi connectivity index (χ0n) is 9.43. The molecule has 1 saturated heterocycles. The Labute approximate surface area is 96.5 Å². The van der Waals surface area contributed by atoms with E-state index in [-0.39, 0.29) is 0 Å². The highest BCUT2D eigenvalue weighted by Crippen LogP contribution is 2.17. The molecule has 16 heavy (non-hydrogen) atoms. The monoisotopic (exact) mass is 218 g/mol. The van der Waals surface area contributed by atoms with Crippen molar-refractivity contribution in [3.8, 4) is 0 Å². The second-order valence-corrected chi connectivity index (χ2v) is 4.40. The number of nitrogens with zero attached hydrogens (tertiary/aromatic N) is 1. The number of hydrogen-bond donors (Lipinski definition) is 1. The van der Waals surface area contributed by atoms with E-state index in [2.05, 4.69) is 34.5 Å². The Balaban J connectivity index is 1.78. The van der Waals surface area contributed by atoms with Crippen LogP contribution in [-0.2, 0) is 11.3 Å². The summed E-state index contributed by atoms with van der Waals surface area (Å²) in [5.41, 5.74) is 1.37. The van der Waals surface area contributed by atoms with Gasteiger partial charge >= 0.3 is 0 Å². The smallest absolute Gasteiger partial charge is 0.207 e. The van der Waals surface area contributed by atoms with Crippen LogP contribution in [0.1, 0.15) is 12.0 Å². The van der Waals surface area contributed by atoms with E-state index >= 15 is 0 Å². The summed E-state index contributed by atoms with van der Waals surface area (Å²) in [7, 11) is 0. The van der Waals surface area contributed by atoms with Crippen LogP contribution in [0.3, 0.4) is 0 Å². The van der Waals surface area contributed by atoms with Gasteiger partial charge in [-0.25, -0.2) is 0 Å². The maximum Gasteiger partial charge on any atom is 0.207 e. The second kappa shape index (κ2) is 5.66. The van der Waals surface area contributed by atoms with Gasteiger partial charge in [0.05, 0.1) is 0 Å². The van der Waals surface area contributed by atoms with Crippen molar-refractivity contribution in [3.05, 3.63) is 35.9 Å². The lowest BCUT2D eigenvalue weighted by Gasteiger charge is -2.15. The molecule has 1 aliphatic heterocycles. The summed E-state index contributed by atoms with van der Waals surface area (Å²) in [5, 5.41) is 2.77. The molecule has 1 aromatic carbocycles. The molecule has 1 unspecified atom stereocenters. The van der Waals surface area contributed by atoms with Crippen molar-refractivity contribution in [1.29, 1.82) is 0 Å². The summed E-state index contributed by atoms with van der Waals surface area (Å²) in [6.07, 6.45) is 1.98. The van der Waals surface area contributed by atoms with Gasteiger partial charge in [-0.15, -0.1) is 0 Å². The average molecular weight is 218 g/mol. The number of benzene rings is 1. The van der Waals surface area contributed by atoms with Crippen molar-refractivity contribution in [3.63, 3.8) is 0 Å². The molecule has 1 N–H and O–H groups in total. The molecular formula is C13H18N2O. The minimum absolute atomic E-state index is 0.619. The molecular weight excluding hydrogens is 200 g/mol. The van der Waals surface area contributed by atoms with Gasteiger partial charge in [-0.2, -0.15) is 0 Å². The van der Waals surface area contributed by atoms with Gasteiger partial charge in [-0.05, 0) is 24.4 Å². The summed E-state index contributed by atoms with van der Waals surface area (Å²) < 4.78 is 0. The van der Waals surface area contributed by atoms with Crippen LogP contribution < -0.4 is 5.32 Å². The summed E-state index contributed by atoms with van der Waals surface area (Å²) in [6, 6.07) is 10.5. The van der Waals surface area contributed by atoms with E-state index in [1.807, 2.05) is 6.07 Å². The highest BCUT2D eigenvalue weighted by atomic mass is 16.1. The number of nitrogens with one attached hydrogen (secondary N) is 1. The third kappa shape index (κ3) is 3.07. The Morgan fingerprint density at radius 1 is 1.38 bits per heavy atom. The molecule has 1 heterocycles. The fourth-order valence-electron chi connectivity index (χ4n) is 2.28. The first-order valence-electron chi connectivity index (χ1n) is 5.82. The molecule has 3 heteroatoms. The van der Waals surface area contributed by atoms with E-state index in [1.54, 1.807) is 0 Å². The predicted octanol–water partition coefficient (Wildman–Crippen LogP) is 1.25. The molecule has 0 bridgehead atoms. The van der Waals surface area contributed by atoms with Crippen LogP contribution in [0.2, 0.25) is 0 Å². The van der Waals surface area contributed by atoms with Gasteiger partial charge < -0.3 is 5.32 Å². The minimum Gasteiger partial charge on any atom is -0.358 e. The lowest BCUT2D eigenvalue weighted by atomic mass is 10.1. The first kappa shape index (κ1) is 11.1. The number of carbonyl (C=O) groups is 1. The molecule has 1 aliphatic rings. The highest BCUT2D eigenvalue weighted by molar-refractivity contribution is 5.45. The molecule has 0 saturated carbocycles. The van der Waals surface area contributed by atoms with E-state index in [0.29, 0.717) is 5.92 Å². The predicted molar refractivity (Wildman–Crippen MR) is 63.9 cm³/mol. The van der Waals surface area contributed by atoms with Gasteiger partial charge in [0.15, 0.2) is 0 Å². The molecule has 1 fully saturated rings. The number of amides is 1. The van der Waals surface area contributed by atoms with Crippen molar-refractivity contribution in [2.24, 2.45) is 5.92 Å².